The number of rotatable bonds is 5. The molecule has 0 atom stereocenters. The van der Waals surface area contributed by atoms with Crippen LogP contribution in [0.2, 0.25) is 0 Å². The number of hydrogen-bond donors (Lipinski definition) is 1. The minimum atomic E-state index is 0.112. The Bertz CT molecular complexity index is 674. The van der Waals surface area contributed by atoms with E-state index in [4.69, 9.17) is 21.7 Å². The molecule has 1 aromatic carbocycles. The maximum atomic E-state index is 5.44. The molecule has 1 aromatic heterocycles. The smallest absolute Gasteiger partial charge is 0.178 e. The SMILES string of the molecule is COc1cc2[nH]c(=S)n(CC(C)(C)SC)c2cc1OC. The fourth-order valence-corrected chi connectivity index (χ4v) is 2.62. The molecule has 0 aliphatic heterocycles. The molecular formula is C14H20N2O2S2. The molecule has 4 nitrogen and oxygen atoms in total. The second kappa shape index (κ2) is 5.69. The first-order valence-electron chi connectivity index (χ1n) is 6.31. The van der Waals surface area contributed by atoms with Gasteiger partial charge in [-0.1, -0.05) is 0 Å². The minimum absolute atomic E-state index is 0.112. The van der Waals surface area contributed by atoms with Gasteiger partial charge in [-0.05, 0) is 32.3 Å². The molecule has 110 valence electrons. The lowest BCUT2D eigenvalue weighted by molar-refractivity contribution is 0.355. The Hall–Kier alpha value is -1.14. The Balaban J connectivity index is 2.61. The van der Waals surface area contributed by atoms with Gasteiger partial charge in [-0.15, -0.1) is 0 Å². The fraction of sp³-hybridized carbons (Fsp3) is 0.500. The second-order valence-corrected chi connectivity index (χ2v) is 7.10. The topological polar surface area (TPSA) is 39.2 Å². The summed E-state index contributed by atoms with van der Waals surface area (Å²) in [5.41, 5.74) is 2.00. The summed E-state index contributed by atoms with van der Waals surface area (Å²) in [5, 5.41) is 0. The number of benzene rings is 1. The van der Waals surface area contributed by atoms with E-state index in [1.165, 1.54) is 0 Å². The normalized spacial score (nSPS) is 11.8. The van der Waals surface area contributed by atoms with Crippen LogP contribution in [0.5, 0.6) is 11.5 Å². The summed E-state index contributed by atoms with van der Waals surface area (Å²) in [6.07, 6.45) is 2.11. The van der Waals surface area contributed by atoms with Crippen molar-refractivity contribution in [1.29, 1.82) is 0 Å². The van der Waals surface area contributed by atoms with Gasteiger partial charge in [0.25, 0.3) is 0 Å². The van der Waals surface area contributed by atoms with Crippen LogP contribution in [0.15, 0.2) is 12.1 Å². The zero-order valence-electron chi connectivity index (χ0n) is 12.4. The van der Waals surface area contributed by atoms with Crippen LogP contribution in [0, 0.1) is 4.77 Å². The van der Waals surface area contributed by atoms with Crippen LogP contribution in [0.25, 0.3) is 11.0 Å². The van der Waals surface area contributed by atoms with E-state index < -0.39 is 0 Å². The number of aromatic amines is 1. The van der Waals surface area contributed by atoms with Crippen molar-refractivity contribution in [1.82, 2.24) is 9.55 Å². The van der Waals surface area contributed by atoms with Crippen LogP contribution in [-0.4, -0.2) is 34.8 Å². The molecule has 0 spiro atoms. The van der Waals surface area contributed by atoms with Crippen molar-refractivity contribution < 1.29 is 9.47 Å². The number of nitrogens with zero attached hydrogens (tertiary/aromatic N) is 1. The van der Waals surface area contributed by atoms with Gasteiger partial charge in [-0.25, -0.2) is 0 Å². The van der Waals surface area contributed by atoms with Gasteiger partial charge in [0.1, 0.15) is 0 Å². The Morgan fingerprint density at radius 1 is 1.25 bits per heavy atom. The fourth-order valence-electron chi connectivity index (χ4n) is 2.09. The van der Waals surface area contributed by atoms with E-state index in [0.29, 0.717) is 11.5 Å². The summed E-state index contributed by atoms with van der Waals surface area (Å²) in [4.78, 5) is 3.23. The number of ether oxygens (including phenoxy) is 2. The van der Waals surface area contributed by atoms with Crippen LogP contribution in [0.1, 0.15) is 13.8 Å². The molecule has 0 aliphatic rings. The molecular weight excluding hydrogens is 292 g/mol. The van der Waals surface area contributed by atoms with Crippen molar-refractivity contribution in [3.8, 4) is 11.5 Å². The van der Waals surface area contributed by atoms with E-state index in [-0.39, 0.29) is 4.75 Å². The number of hydrogen-bond acceptors (Lipinski definition) is 4. The largest absolute Gasteiger partial charge is 0.493 e. The molecule has 6 heteroatoms. The van der Waals surface area contributed by atoms with E-state index >= 15 is 0 Å². The van der Waals surface area contributed by atoms with E-state index in [1.807, 2.05) is 23.9 Å². The number of H-pyrrole nitrogens is 1. The van der Waals surface area contributed by atoms with Gasteiger partial charge in [0, 0.05) is 23.4 Å². The Labute approximate surface area is 128 Å². The molecule has 2 aromatic rings. The van der Waals surface area contributed by atoms with Crippen LogP contribution in [-0.2, 0) is 6.54 Å². The summed E-state index contributed by atoms with van der Waals surface area (Å²) in [5.74, 6) is 1.41. The van der Waals surface area contributed by atoms with E-state index in [2.05, 4.69) is 29.7 Å². The summed E-state index contributed by atoms with van der Waals surface area (Å²) in [6.45, 7) is 5.25. The van der Waals surface area contributed by atoms with Gasteiger partial charge in [0.15, 0.2) is 16.3 Å². The molecule has 1 heterocycles. The predicted molar refractivity (Wildman–Crippen MR) is 87.8 cm³/mol. The second-order valence-electron chi connectivity index (χ2n) is 5.20. The van der Waals surface area contributed by atoms with E-state index in [0.717, 1.165) is 22.3 Å². The lowest BCUT2D eigenvalue weighted by Gasteiger charge is -2.23. The summed E-state index contributed by atoms with van der Waals surface area (Å²) < 4.78 is 13.6. The van der Waals surface area contributed by atoms with Crippen molar-refractivity contribution in [2.75, 3.05) is 20.5 Å². The highest BCUT2D eigenvalue weighted by Gasteiger charge is 2.20. The van der Waals surface area contributed by atoms with Crippen LogP contribution < -0.4 is 9.47 Å². The first-order valence-corrected chi connectivity index (χ1v) is 7.95. The van der Waals surface area contributed by atoms with E-state index in [9.17, 15) is 0 Å². The number of imidazole rings is 1. The quantitative estimate of drug-likeness (QED) is 0.851. The number of methoxy groups -OCH3 is 2. The summed E-state index contributed by atoms with van der Waals surface area (Å²) >= 11 is 7.27. The maximum absolute atomic E-state index is 5.44. The molecule has 20 heavy (non-hydrogen) atoms. The van der Waals surface area contributed by atoms with Crippen LogP contribution in [0.3, 0.4) is 0 Å². The van der Waals surface area contributed by atoms with Crippen LogP contribution >= 0.6 is 24.0 Å². The van der Waals surface area contributed by atoms with Crippen molar-refractivity contribution in [2.24, 2.45) is 0 Å². The average Bonchev–Trinajstić information content (AvgIpc) is 2.72. The lowest BCUT2D eigenvalue weighted by Crippen LogP contribution is -2.22. The van der Waals surface area contributed by atoms with Gasteiger partial charge in [0.05, 0.1) is 25.3 Å². The molecule has 0 fully saturated rings. The van der Waals surface area contributed by atoms with Gasteiger partial charge < -0.3 is 19.0 Å². The standard InChI is InChI=1S/C14H20N2O2S2/c1-14(2,20-5)8-16-10-7-12(18-4)11(17-3)6-9(10)15-13(16)19/h6-7H,8H2,1-5H3,(H,15,19). The van der Waals surface area contributed by atoms with Gasteiger partial charge in [-0.3, -0.25) is 0 Å². The Morgan fingerprint density at radius 2 is 1.85 bits per heavy atom. The van der Waals surface area contributed by atoms with Gasteiger partial charge in [0.2, 0.25) is 0 Å². The summed E-state index contributed by atoms with van der Waals surface area (Å²) in [6, 6.07) is 3.89. The third-order valence-corrected chi connectivity index (χ3v) is 4.93. The number of fused-ring (bicyclic) bond motifs is 1. The number of nitrogens with one attached hydrogen (secondary N) is 1. The monoisotopic (exact) mass is 312 g/mol. The zero-order chi connectivity index (χ0) is 14.9. The molecule has 0 aliphatic carbocycles. The third-order valence-electron chi connectivity index (χ3n) is 3.37. The zero-order valence-corrected chi connectivity index (χ0v) is 14.1. The maximum Gasteiger partial charge on any atom is 0.178 e. The molecule has 0 amide bonds. The van der Waals surface area contributed by atoms with Crippen molar-refractivity contribution >= 4 is 35.0 Å². The molecule has 0 saturated carbocycles. The number of thioether (sulfide) groups is 1. The molecule has 2 rings (SSSR count). The Morgan fingerprint density at radius 3 is 2.40 bits per heavy atom. The summed E-state index contributed by atoms with van der Waals surface area (Å²) in [7, 11) is 3.27. The predicted octanol–water partition coefficient (Wildman–Crippen LogP) is 3.86. The lowest BCUT2D eigenvalue weighted by atomic mass is 10.2. The molecule has 0 bridgehead atoms. The first kappa shape index (κ1) is 15.3. The van der Waals surface area contributed by atoms with Crippen molar-refractivity contribution in [2.45, 2.75) is 25.1 Å². The highest BCUT2D eigenvalue weighted by Crippen LogP contribution is 2.33. The highest BCUT2D eigenvalue weighted by atomic mass is 32.2. The average molecular weight is 312 g/mol. The first-order chi connectivity index (χ1) is 9.41. The minimum Gasteiger partial charge on any atom is -0.493 e. The molecule has 0 radical (unpaired) electrons. The van der Waals surface area contributed by atoms with Crippen LogP contribution in [0.4, 0.5) is 0 Å². The van der Waals surface area contributed by atoms with E-state index in [1.54, 1.807) is 14.2 Å². The molecule has 1 N–H and O–H groups in total. The van der Waals surface area contributed by atoms with Crippen molar-refractivity contribution in [3.05, 3.63) is 16.9 Å². The van der Waals surface area contributed by atoms with Gasteiger partial charge >= 0.3 is 0 Å². The van der Waals surface area contributed by atoms with Gasteiger partial charge in [-0.2, -0.15) is 11.8 Å². The van der Waals surface area contributed by atoms with Crippen molar-refractivity contribution in [3.63, 3.8) is 0 Å². The molecule has 0 unspecified atom stereocenters. The number of aromatic nitrogens is 2. The third kappa shape index (κ3) is 2.81. The molecule has 0 saturated heterocycles. The highest BCUT2D eigenvalue weighted by molar-refractivity contribution is 7.99. The Kier molecular flexibility index (Phi) is 4.34.